The first-order valence-electron chi connectivity index (χ1n) is 4.13. The fraction of sp³-hybridized carbons (Fsp3) is 0.0909. The third-order valence-electron chi connectivity index (χ3n) is 2.27. The van der Waals surface area contributed by atoms with Gasteiger partial charge in [-0.15, -0.1) is 12.6 Å². The Hall–Kier alpha value is -1.15. The maximum absolute atomic E-state index is 4.30. The first kappa shape index (κ1) is 8.45. The van der Waals surface area contributed by atoms with Crippen LogP contribution in [0.15, 0.2) is 35.7 Å². The predicted molar refractivity (Wildman–Crippen MR) is 60.3 cm³/mol. The Kier molecular flexibility index (Phi) is 1.93. The monoisotopic (exact) mass is 189 g/mol. The molecule has 0 aliphatic heterocycles. The minimum atomic E-state index is 0.994. The Morgan fingerprint density at radius 3 is 2.85 bits per heavy atom. The van der Waals surface area contributed by atoms with E-state index in [9.17, 15) is 0 Å². The van der Waals surface area contributed by atoms with Gasteiger partial charge in [0.2, 0.25) is 0 Å². The molecule has 0 spiro atoms. The number of aromatic nitrogens is 1. The number of hydrogen-bond donors (Lipinski definition) is 1. The van der Waals surface area contributed by atoms with Crippen LogP contribution in [0, 0.1) is 0 Å². The molecule has 0 N–H and O–H groups in total. The van der Waals surface area contributed by atoms with Crippen LogP contribution in [0.25, 0.3) is 17.0 Å². The van der Waals surface area contributed by atoms with Crippen LogP contribution in [0.4, 0.5) is 0 Å². The van der Waals surface area contributed by atoms with Gasteiger partial charge in [0.25, 0.3) is 0 Å². The number of nitrogens with zero attached hydrogens (tertiary/aromatic N) is 1. The van der Waals surface area contributed by atoms with Crippen molar-refractivity contribution in [3.63, 3.8) is 0 Å². The smallest absolute Gasteiger partial charge is 0.0483 e. The molecular formula is C11H11NS. The van der Waals surface area contributed by atoms with Crippen molar-refractivity contribution in [1.82, 2.24) is 4.57 Å². The second-order valence-corrected chi connectivity index (χ2v) is 3.59. The largest absolute Gasteiger partial charge is 0.344 e. The van der Waals surface area contributed by atoms with Crippen molar-refractivity contribution in [3.8, 4) is 0 Å². The molecule has 0 fully saturated rings. The van der Waals surface area contributed by atoms with Gasteiger partial charge in [-0.2, -0.15) is 0 Å². The second-order valence-electron chi connectivity index (χ2n) is 3.08. The summed E-state index contributed by atoms with van der Waals surface area (Å²) >= 11 is 4.30. The third-order valence-corrected chi connectivity index (χ3v) is 2.55. The van der Waals surface area contributed by atoms with Gasteiger partial charge in [0, 0.05) is 28.5 Å². The molecular weight excluding hydrogens is 178 g/mol. The molecule has 66 valence electrons. The van der Waals surface area contributed by atoms with E-state index in [1.165, 1.54) is 10.9 Å². The Bertz CT molecular complexity index is 468. The average Bonchev–Trinajstić information content (AvgIpc) is 2.42. The minimum absolute atomic E-state index is 0.994. The number of thiol groups is 1. The van der Waals surface area contributed by atoms with E-state index < -0.39 is 0 Å². The van der Waals surface area contributed by atoms with E-state index in [1.54, 1.807) is 0 Å². The summed E-state index contributed by atoms with van der Waals surface area (Å²) in [5.41, 5.74) is 2.35. The highest BCUT2D eigenvalue weighted by atomic mass is 32.1. The van der Waals surface area contributed by atoms with Crippen molar-refractivity contribution >= 4 is 29.6 Å². The highest BCUT2D eigenvalue weighted by Gasteiger charge is 2.01. The van der Waals surface area contributed by atoms with Gasteiger partial charge < -0.3 is 4.57 Å². The van der Waals surface area contributed by atoms with E-state index in [2.05, 4.69) is 42.0 Å². The molecule has 0 aliphatic carbocycles. The average molecular weight is 189 g/mol. The quantitative estimate of drug-likeness (QED) is 0.658. The molecule has 0 radical (unpaired) electrons. The lowest BCUT2D eigenvalue weighted by molar-refractivity contribution is 0.955. The molecule has 0 amide bonds. The fourth-order valence-corrected chi connectivity index (χ4v) is 1.77. The molecule has 0 bridgehead atoms. The van der Waals surface area contributed by atoms with Crippen molar-refractivity contribution < 1.29 is 0 Å². The van der Waals surface area contributed by atoms with E-state index in [1.807, 2.05) is 19.2 Å². The molecule has 1 aromatic heterocycles. The van der Waals surface area contributed by atoms with Gasteiger partial charge in [0.1, 0.15) is 0 Å². The summed E-state index contributed by atoms with van der Waals surface area (Å²) < 4.78 is 2.12. The van der Waals surface area contributed by atoms with E-state index in [0.717, 1.165) is 10.6 Å². The summed E-state index contributed by atoms with van der Waals surface area (Å²) in [5.74, 6) is 0. The number of hydrogen-bond acceptors (Lipinski definition) is 1. The summed E-state index contributed by atoms with van der Waals surface area (Å²) in [6, 6.07) is 8.25. The first-order chi connectivity index (χ1) is 6.22. The van der Waals surface area contributed by atoms with Crippen molar-refractivity contribution in [2.24, 2.45) is 7.05 Å². The van der Waals surface area contributed by atoms with Gasteiger partial charge in [-0.25, -0.2) is 0 Å². The van der Waals surface area contributed by atoms with Crippen LogP contribution in [0.2, 0.25) is 0 Å². The molecule has 0 atom stereocenters. The van der Waals surface area contributed by atoms with Crippen molar-refractivity contribution in [1.29, 1.82) is 0 Å². The van der Waals surface area contributed by atoms with Gasteiger partial charge in [-0.05, 0) is 30.3 Å². The molecule has 2 rings (SSSR count). The predicted octanol–water partition coefficient (Wildman–Crippen LogP) is 3.11. The van der Waals surface area contributed by atoms with Crippen molar-refractivity contribution in [2.45, 2.75) is 4.90 Å². The molecule has 0 saturated heterocycles. The van der Waals surface area contributed by atoms with Crippen LogP contribution >= 0.6 is 12.6 Å². The SMILES string of the molecule is C=Cc1cc2cc(S)ccc2n1C. The summed E-state index contributed by atoms with van der Waals surface area (Å²) in [6.45, 7) is 3.77. The zero-order valence-corrected chi connectivity index (χ0v) is 8.38. The lowest BCUT2D eigenvalue weighted by atomic mass is 10.2. The topological polar surface area (TPSA) is 4.93 Å². The highest BCUT2D eigenvalue weighted by Crippen LogP contribution is 2.22. The number of fused-ring (bicyclic) bond motifs is 1. The zero-order chi connectivity index (χ0) is 9.42. The molecule has 1 nitrogen and oxygen atoms in total. The Labute approximate surface area is 83.1 Å². The van der Waals surface area contributed by atoms with Crippen LogP contribution in [-0.4, -0.2) is 4.57 Å². The summed E-state index contributed by atoms with van der Waals surface area (Å²) in [7, 11) is 2.04. The minimum Gasteiger partial charge on any atom is -0.344 e. The first-order valence-corrected chi connectivity index (χ1v) is 4.58. The third kappa shape index (κ3) is 1.27. The number of rotatable bonds is 1. The lowest BCUT2D eigenvalue weighted by Crippen LogP contribution is -1.88. The molecule has 2 heteroatoms. The maximum Gasteiger partial charge on any atom is 0.0483 e. The van der Waals surface area contributed by atoms with Crippen LogP contribution in [0.5, 0.6) is 0 Å². The molecule has 1 heterocycles. The Morgan fingerprint density at radius 2 is 2.15 bits per heavy atom. The van der Waals surface area contributed by atoms with Crippen LogP contribution in [-0.2, 0) is 7.05 Å². The van der Waals surface area contributed by atoms with E-state index in [4.69, 9.17) is 0 Å². The van der Waals surface area contributed by atoms with Gasteiger partial charge >= 0.3 is 0 Å². The van der Waals surface area contributed by atoms with Crippen LogP contribution in [0.1, 0.15) is 5.69 Å². The van der Waals surface area contributed by atoms with E-state index in [0.29, 0.717) is 0 Å². The lowest BCUT2D eigenvalue weighted by Gasteiger charge is -1.98. The van der Waals surface area contributed by atoms with Gasteiger partial charge in [0.15, 0.2) is 0 Å². The Balaban J connectivity index is 2.83. The number of aryl methyl sites for hydroxylation is 1. The summed E-state index contributed by atoms with van der Waals surface area (Å²) in [4.78, 5) is 0.994. The maximum atomic E-state index is 4.30. The summed E-state index contributed by atoms with van der Waals surface area (Å²) in [6.07, 6.45) is 1.86. The summed E-state index contributed by atoms with van der Waals surface area (Å²) in [5, 5.41) is 1.21. The molecule has 13 heavy (non-hydrogen) atoms. The molecule has 1 aromatic carbocycles. The Morgan fingerprint density at radius 1 is 1.38 bits per heavy atom. The fourth-order valence-electron chi connectivity index (χ4n) is 1.55. The van der Waals surface area contributed by atoms with Gasteiger partial charge in [0.05, 0.1) is 0 Å². The van der Waals surface area contributed by atoms with Gasteiger partial charge in [-0.1, -0.05) is 6.58 Å². The normalized spacial score (nSPS) is 10.6. The molecule has 0 unspecified atom stereocenters. The van der Waals surface area contributed by atoms with E-state index >= 15 is 0 Å². The van der Waals surface area contributed by atoms with Crippen LogP contribution < -0.4 is 0 Å². The zero-order valence-electron chi connectivity index (χ0n) is 7.49. The second kappa shape index (κ2) is 2.96. The van der Waals surface area contributed by atoms with Gasteiger partial charge in [-0.3, -0.25) is 0 Å². The van der Waals surface area contributed by atoms with Crippen molar-refractivity contribution in [3.05, 3.63) is 36.5 Å². The van der Waals surface area contributed by atoms with E-state index in [-0.39, 0.29) is 0 Å². The standard InChI is InChI=1S/C11H11NS/c1-3-9-6-8-7-10(13)4-5-11(8)12(9)2/h3-7,13H,1H2,2H3. The highest BCUT2D eigenvalue weighted by molar-refractivity contribution is 7.80. The number of benzene rings is 1. The molecule has 0 aliphatic rings. The molecule has 0 saturated carbocycles. The van der Waals surface area contributed by atoms with Crippen LogP contribution in [0.3, 0.4) is 0 Å². The van der Waals surface area contributed by atoms with Crippen molar-refractivity contribution in [2.75, 3.05) is 0 Å². The molecule has 2 aromatic rings.